The first-order valence-corrected chi connectivity index (χ1v) is 10.7. The van der Waals surface area contributed by atoms with E-state index in [0.717, 1.165) is 49.4 Å². The number of nitrogens with zero attached hydrogens (tertiary/aromatic N) is 4. The molecule has 28 heavy (non-hydrogen) atoms. The fourth-order valence-electron chi connectivity index (χ4n) is 3.26. The summed E-state index contributed by atoms with van der Waals surface area (Å²) in [5, 5.41) is 12.4. The lowest BCUT2D eigenvalue weighted by atomic mass is 10.0. The zero-order valence-corrected chi connectivity index (χ0v) is 17.7. The second kappa shape index (κ2) is 9.54. The Labute approximate surface area is 170 Å². The molecule has 1 fully saturated rings. The summed E-state index contributed by atoms with van der Waals surface area (Å²) in [5.41, 5.74) is 0.939. The number of aromatic nitrogens is 3. The SMILES string of the molecule is CCn1c(SCC(=O)NCC(C)(C)N2CCOCC2)nnc1-c1ccccc1. The summed E-state index contributed by atoms with van der Waals surface area (Å²) in [6, 6.07) is 9.99. The molecule has 0 spiro atoms. The summed E-state index contributed by atoms with van der Waals surface area (Å²) in [5.74, 6) is 1.17. The predicted molar refractivity (Wildman–Crippen MR) is 111 cm³/mol. The van der Waals surface area contributed by atoms with E-state index >= 15 is 0 Å². The number of nitrogens with one attached hydrogen (secondary N) is 1. The number of morpholine rings is 1. The van der Waals surface area contributed by atoms with Crippen LogP contribution < -0.4 is 5.32 Å². The number of hydrogen-bond donors (Lipinski definition) is 1. The van der Waals surface area contributed by atoms with Crippen LogP contribution in [-0.2, 0) is 16.1 Å². The van der Waals surface area contributed by atoms with E-state index in [1.54, 1.807) is 0 Å². The molecule has 1 amide bonds. The zero-order valence-electron chi connectivity index (χ0n) is 16.9. The van der Waals surface area contributed by atoms with Crippen molar-refractivity contribution in [2.75, 3.05) is 38.6 Å². The molecule has 0 saturated carbocycles. The standard InChI is InChI=1S/C20H29N5O2S/c1-4-25-18(16-8-6-5-7-9-16)22-23-19(25)28-14-17(26)21-15-20(2,3)24-10-12-27-13-11-24/h5-9H,4,10-15H2,1-3H3,(H,21,26). The zero-order chi connectivity index (χ0) is 20.0. The molecule has 2 aromatic rings. The van der Waals surface area contributed by atoms with Crippen molar-refractivity contribution in [3.8, 4) is 11.4 Å². The molecule has 0 atom stereocenters. The van der Waals surface area contributed by atoms with Gasteiger partial charge in [-0.05, 0) is 20.8 Å². The summed E-state index contributed by atoms with van der Waals surface area (Å²) in [4.78, 5) is 14.8. The van der Waals surface area contributed by atoms with Gasteiger partial charge in [-0.15, -0.1) is 10.2 Å². The monoisotopic (exact) mass is 403 g/mol. The smallest absolute Gasteiger partial charge is 0.230 e. The fraction of sp³-hybridized carbons (Fsp3) is 0.550. The topological polar surface area (TPSA) is 72.3 Å². The Balaban J connectivity index is 1.54. The number of hydrogen-bond acceptors (Lipinski definition) is 6. The van der Waals surface area contributed by atoms with E-state index < -0.39 is 0 Å². The van der Waals surface area contributed by atoms with Gasteiger partial charge in [0.2, 0.25) is 5.91 Å². The van der Waals surface area contributed by atoms with Crippen molar-refractivity contribution in [2.45, 2.75) is 38.0 Å². The minimum atomic E-state index is -0.0893. The number of carbonyl (C=O) groups is 1. The molecule has 8 heteroatoms. The van der Waals surface area contributed by atoms with Crippen molar-refractivity contribution in [1.82, 2.24) is 25.0 Å². The van der Waals surface area contributed by atoms with Crippen LogP contribution in [0.15, 0.2) is 35.5 Å². The van der Waals surface area contributed by atoms with Crippen molar-refractivity contribution >= 4 is 17.7 Å². The van der Waals surface area contributed by atoms with Gasteiger partial charge in [0.05, 0.1) is 19.0 Å². The summed E-state index contributed by atoms with van der Waals surface area (Å²) in [6.45, 7) is 11.1. The van der Waals surface area contributed by atoms with Gasteiger partial charge >= 0.3 is 0 Å². The Morgan fingerprint density at radius 3 is 2.61 bits per heavy atom. The van der Waals surface area contributed by atoms with Gasteiger partial charge in [0.15, 0.2) is 11.0 Å². The van der Waals surface area contributed by atoms with Crippen molar-refractivity contribution in [2.24, 2.45) is 0 Å². The minimum Gasteiger partial charge on any atom is -0.379 e. The summed E-state index contributed by atoms with van der Waals surface area (Å²) in [7, 11) is 0. The van der Waals surface area contributed by atoms with Crippen molar-refractivity contribution in [3.63, 3.8) is 0 Å². The Morgan fingerprint density at radius 1 is 1.21 bits per heavy atom. The highest BCUT2D eigenvalue weighted by Crippen LogP contribution is 2.23. The first-order valence-electron chi connectivity index (χ1n) is 9.72. The van der Waals surface area contributed by atoms with Crippen LogP contribution in [0.4, 0.5) is 0 Å². The lowest BCUT2D eigenvalue weighted by Crippen LogP contribution is -2.55. The van der Waals surface area contributed by atoms with Crippen LogP contribution in [0.25, 0.3) is 11.4 Å². The first kappa shape index (κ1) is 20.8. The van der Waals surface area contributed by atoms with Gasteiger partial charge < -0.3 is 14.6 Å². The fourth-order valence-corrected chi connectivity index (χ4v) is 4.09. The second-order valence-electron chi connectivity index (χ2n) is 7.39. The van der Waals surface area contributed by atoms with Crippen molar-refractivity contribution < 1.29 is 9.53 Å². The summed E-state index contributed by atoms with van der Waals surface area (Å²) < 4.78 is 7.46. The maximum absolute atomic E-state index is 12.4. The summed E-state index contributed by atoms with van der Waals surface area (Å²) >= 11 is 1.43. The van der Waals surface area contributed by atoms with Crippen LogP contribution in [0.2, 0.25) is 0 Å². The maximum atomic E-state index is 12.4. The molecule has 1 aliphatic heterocycles. The minimum absolute atomic E-state index is 0.0123. The number of benzene rings is 1. The highest BCUT2D eigenvalue weighted by Gasteiger charge is 2.28. The Kier molecular flexibility index (Phi) is 7.09. The number of thioether (sulfide) groups is 1. The molecule has 1 N–H and O–H groups in total. The van der Waals surface area contributed by atoms with Gasteiger partial charge in [-0.25, -0.2) is 0 Å². The van der Waals surface area contributed by atoms with E-state index in [9.17, 15) is 4.79 Å². The van der Waals surface area contributed by atoms with Crippen LogP contribution in [0, 0.1) is 0 Å². The predicted octanol–water partition coefficient (Wildman–Crippen LogP) is 2.28. The molecule has 0 radical (unpaired) electrons. The van der Waals surface area contributed by atoms with Crippen molar-refractivity contribution in [1.29, 1.82) is 0 Å². The van der Waals surface area contributed by atoms with E-state index in [4.69, 9.17) is 4.74 Å². The number of carbonyl (C=O) groups excluding carboxylic acids is 1. The van der Waals surface area contributed by atoms with Gasteiger partial charge in [0.1, 0.15) is 0 Å². The molecular formula is C20H29N5O2S. The Bertz CT molecular complexity index is 772. The largest absolute Gasteiger partial charge is 0.379 e. The molecule has 0 bridgehead atoms. The van der Waals surface area contributed by atoms with Gasteiger partial charge in [-0.1, -0.05) is 42.1 Å². The quantitative estimate of drug-likeness (QED) is 0.682. The molecule has 3 rings (SSSR count). The van der Waals surface area contributed by atoms with Crippen LogP contribution in [0.5, 0.6) is 0 Å². The molecule has 0 aliphatic carbocycles. The average Bonchev–Trinajstić information content (AvgIpc) is 3.15. The van der Waals surface area contributed by atoms with Gasteiger partial charge in [0, 0.05) is 37.3 Å². The van der Waals surface area contributed by atoms with E-state index in [-0.39, 0.29) is 11.4 Å². The molecule has 152 valence electrons. The third kappa shape index (κ3) is 5.12. The molecule has 1 saturated heterocycles. The number of ether oxygens (including phenoxy) is 1. The van der Waals surface area contributed by atoms with Crippen LogP contribution in [-0.4, -0.2) is 69.7 Å². The molecule has 2 heterocycles. The van der Waals surface area contributed by atoms with Gasteiger partial charge in [0.25, 0.3) is 0 Å². The van der Waals surface area contributed by atoms with Crippen LogP contribution in [0.3, 0.4) is 0 Å². The average molecular weight is 404 g/mol. The first-order chi connectivity index (χ1) is 13.5. The van der Waals surface area contributed by atoms with E-state index in [2.05, 4.69) is 41.2 Å². The highest BCUT2D eigenvalue weighted by molar-refractivity contribution is 7.99. The van der Waals surface area contributed by atoms with Gasteiger partial charge in [-0.3, -0.25) is 9.69 Å². The van der Waals surface area contributed by atoms with E-state index in [0.29, 0.717) is 12.3 Å². The van der Waals surface area contributed by atoms with Crippen LogP contribution in [0.1, 0.15) is 20.8 Å². The van der Waals surface area contributed by atoms with E-state index in [1.165, 1.54) is 11.8 Å². The molecule has 1 aliphatic rings. The van der Waals surface area contributed by atoms with Crippen LogP contribution >= 0.6 is 11.8 Å². The lowest BCUT2D eigenvalue weighted by molar-refractivity contribution is -0.119. The molecule has 7 nitrogen and oxygen atoms in total. The van der Waals surface area contributed by atoms with Gasteiger partial charge in [-0.2, -0.15) is 0 Å². The number of rotatable bonds is 8. The third-order valence-electron chi connectivity index (χ3n) is 4.98. The third-order valence-corrected chi connectivity index (χ3v) is 5.95. The Morgan fingerprint density at radius 2 is 1.93 bits per heavy atom. The molecular weight excluding hydrogens is 374 g/mol. The highest BCUT2D eigenvalue weighted by atomic mass is 32.2. The Hall–Kier alpha value is -1.90. The molecule has 0 unspecified atom stereocenters. The molecule has 1 aromatic heterocycles. The maximum Gasteiger partial charge on any atom is 0.230 e. The lowest BCUT2D eigenvalue weighted by Gasteiger charge is -2.40. The normalized spacial score (nSPS) is 15.5. The van der Waals surface area contributed by atoms with E-state index in [1.807, 2.05) is 34.9 Å². The number of amides is 1. The molecule has 1 aromatic carbocycles. The summed E-state index contributed by atoms with van der Waals surface area (Å²) in [6.07, 6.45) is 0. The van der Waals surface area contributed by atoms with Crippen molar-refractivity contribution in [3.05, 3.63) is 30.3 Å². The second-order valence-corrected chi connectivity index (χ2v) is 8.34.